The summed E-state index contributed by atoms with van der Waals surface area (Å²) in [4.78, 5) is 23.0. The number of amides is 2. The highest BCUT2D eigenvalue weighted by Gasteiger charge is 2.15. The number of benzene rings is 1. The number of rotatable bonds is 4. The molecule has 0 bridgehead atoms. The summed E-state index contributed by atoms with van der Waals surface area (Å²) >= 11 is 0. The second kappa shape index (κ2) is 6.76. The van der Waals surface area contributed by atoms with Crippen molar-refractivity contribution >= 4 is 17.5 Å². The molecular weight excluding hydrogens is 232 g/mol. The topological polar surface area (TPSA) is 78.4 Å². The number of carbonyl (C=O) groups is 2. The van der Waals surface area contributed by atoms with Gasteiger partial charge < -0.3 is 15.7 Å². The van der Waals surface area contributed by atoms with Crippen molar-refractivity contribution in [3.05, 3.63) is 29.8 Å². The first-order valence-electron chi connectivity index (χ1n) is 5.82. The molecule has 1 aromatic carbocycles. The van der Waals surface area contributed by atoms with Crippen molar-refractivity contribution in [2.45, 2.75) is 26.3 Å². The van der Waals surface area contributed by atoms with Gasteiger partial charge in [0.25, 0.3) is 0 Å². The summed E-state index contributed by atoms with van der Waals surface area (Å²) in [7, 11) is 0. The lowest BCUT2D eigenvalue weighted by Gasteiger charge is -2.12. The molecule has 0 aromatic heterocycles. The molecule has 1 atom stereocenters. The molecule has 0 radical (unpaired) electrons. The van der Waals surface area contributed by atoms with E-state index in [2.05, 4.69) is 10.6 Å². The average Bonchev–Trinajstić information content (AvgIpc) is 2.32. The van der Waals surface area contributed by atoms with Crippen LogP contribution in [0.25, 0.3) is 0 Å². The van der Waals surface area contributed by atoms with Crippen LogP contribution in [-0.2, 0) is 9.59 Å². The third-order valence-corrected chi connectivity index (χ3v) is 2.46. The molecule has 0 saturated heterocycles. The maximum absolute atomic E-state index is 11.6. The van der Waals surface area contributed by atoms with Gasteiger partial charge in [0.1, 0.15) is 0 Å². The fourth-order valence-corrected chi connectivity index (χ4v) is 1.38. The molecule has 1 aromatic rings. The maximum Gasteiger partial charge on any atom is 0.313 e. The number of nitrogens with one attached hydrogen (secondary N) is 2. The van der Waals surface area contributed by atoms with E-state index in [1.165, 1.54) is 0 Å². The Hall–Kier alpha value is -1.88. The zero-order valence-electron chi connectivity index (χ0n) is 10.6. The fourth-order valence-electron chi connectivity index (χ4n) is 1.38. The van der Waals surface area contributed by atoms with Crippen molar-refractivity contribution < 1.29 is 14.7 Å². The minimum Gasteiger partial charge on any atom is -0.396 e. The molecule has 0 fully saturated rings. The van der Waals surface area contributed by atoms with Crippen LogP contribution in [0, 0.1) is 6.92 Å². The van der Waals surface area contributed by atoms with E-state index < -0.39 is 11.8 Å². The Morgan fingerprint density at radius 1 is 1.22 bits per heavy atom. The maximum atomic E-state index is 11.6. The molecule has 98 valence electrons. The van der Waals surface area contributed by atoms with Gasteiger partial charge in [-0.05, 0) is 32.4 Å². The van der Waals surface area contributed by atoms with Crippen molar-refractivity contribution in [2.75, 3.05) is 11.9 Å². The lowest BCUT2D eigenvalue weighted by atomic mass is 10.2. The van der Waals surface area contributed by atoms with Crippen LogP contribution in [0.5, 0.6) is 0 Å². The van der Waals surface area contributed by atoms with Crippen LogP contribution in [0.1, 0.15) is 18.9 Å². The summed E-state index contributed by atoms with van der Waals surface area (Å²) in [6, 6.07) is 6.94. The van der Waals surface area contributed by atoms with Crippen LogP contribution in [0.2, 0.25) is 0 Å². The summed E-state index contributed by atoms with van der Waals surface area (Å²) < 4.78 is 0. The number of carbonyl (C=O) groups excluding carboxylic acids is 2. The summed E-state index contributed by atoms with van der Waals surface area (Å²) in [5, 5.41) is 13.7. The van der Waals surface area contributed by atoms with Crippen LogP contribution >= 0.6 is 0 Å². The van der Waals surface area contributed by atoms with Crippen molar-refractivity contribution in [3.8, 4) is 0 Å². The van der Waals surface area contributed by atoms with E-state index >= 15 is 0 Å². The van der Waals surface area contributed by atoms with Gasteiger partial charge in [-0.3, -0.25) is 9.59 Å². The van der Waals surface area contributed by atoms with Gasteiger partial charge in [0, 0.05) is 18.3 Å². The van der Waals surface area contributed by atoms with Gasteiger partial charge in [-0.1, -0.05) is 17.7 Å². The molecule has 2 amide bonds. The molecule has 1 rings (SSSR count). The van der Waals surface area contributed by atoms with Gasteiger partial charge in [-0.15, -0.1) is 0 Å². The first-order valence-corrected chi connectivity index (χ1v) is 5.82. The van der Waals surface area contributed by atoms with E-state index in [1.54, 1.807) is 19.1 Å². The zero-order chi connectivity index (χ0) is 13.5. The van der Waals surface area contributed by atoms with Crippen LogP contribution < -0.4 is 10.6 Å². The van der Waals surface area contributed by atoms with Gasteiger partial charge in [-0.25, -0.2) is 0 Å². The van der Waals surface area contributed by atoms with Crippen LogP contribution in [0.3, 0.4) is 0 Å². The van der Waals surface area contributed by atoms with Crippen molar-refractivity contribution in [1.29, 1.82) is 0 Å². The van der Waals surface area contributed by atoms with Gasteiger partial charge in [-0.2, -0.15) is 0 Å². The summed E-state index contributed by atoms with van der Waals surface area (Å²) in [5.41, 5.74) is 1.66. The Morgan fingerprint density at radius 2 is 1.83 bits per heavy atom. The van der Waals surface area contributed by atoms with E-state index in [9.17, 15) is 9.59 Å². The summed E-state index contributed by atoms with van der Waals surface area (Å²) in [6.07, 6.45) is 0.420. The molecule has 0 saturated carbocycles. The predicted octanol–water partition coefficient (Wildman–Crippen LogP) is 0.821. The van der Waals surface area contributed by atoms with Crippen molar-refractivity contribution in [2.24, 2.45) is 0 Å². The fraction of sp³-hybridized carbons (Fsp3) is 0.385. The molecule has 0 aliphatic rings. The summed E-state index contributed by atoms with van der Waals surface area (Å²) in [6.45, 7) is 3.64. The molecule has 0 heterocycles. The Morgan fingerprint density at radius 3 is 2.39 bits per heavy atom. The van der Waals surface area contributed by atoms with Gasteiger partial charge in [0.2, 0.25) is 0 Å². The third kappa shape index (κ3) is 4.55. The SMILES string of the molecule is Cc1ccc(NC(=O)C(=O)NC(C)CCO)cc1. The minimum absolute atomic E-state index is 0.0268. The molecule has 3 N–H and O–H groups in total. The minimum atomic E-state index is -0.705. The number of hydrogen-bond acceptors (Lipinski definition) is 3. The highest BCUT2D eigenvalue weighted by Crippen LogP contribution is 2.08. The van der Waals surface area contributed by atoms with Crippen LogP contribution in [0.4, 0.5) is 5.69 Å². The van der Waals surface area contributed by atoms with E-state index in [0.717, 1.165) is 5.56 Å². The number of hydrogen-bond donors (Lipinski definition) is 3. The quantitative estimate of drug-likeness (QED) is 0.692. The van der Waals surface area contributed by atoms with E-state index in [4.69, 9.17) is 5.11 Å². The second-order valence-corrected chi connectivity index (χ2v) is 4.21. The number of anilines is 1. The predicted molar refractivity (Wildman–Crippen MR) is 69.1 cm³/mol. The first kappa shape index (κ1) is 14.2. The van der Waals surface area contributed by atoms with E-state index in [0.29, 0.717) is 12.1 Å². The standard InChI is InChI=1S/C13H18N2O3/c1-9-3-5-11(6-4-9)15-13(18)12(17)14-10(2)7-8-16/h3-6,10,16H,7-8H2,1-2H3,(H,14,17)(H,15,18). The lowest BCUT2D eigenvalue weighted by Crippen LogP contribution is -2.40. The first-order chi connectivity index (χ1) is 8.52. The number of aliphatic hydroxyl groups is 1. The molecular formula is C13H18N2O3. The molecule has 0 spiro atoms. The molecule has 0 aliphatic heterocycles. The lowest BCUT2D eigenvalue weighted by molar-refractivity contribution is -0.136. The smallest absolute Gasteiger partial charge is 0.313 e. The van der Waals surface area contributed by atoms with Gasteiger partial charge >= 0.3 is 11.8 Å². The highest BCUT2D eigenvalue weighted by molar-refractivity contribution is 6.39. The van der Waals surface area contributed by atoms with Crippen molar-refractivity contribution in [1.82, 2.24) is 5.32 Å². The highest BCUT2D eigenvalue weighted by atomic mass is 16.3. The average molecular weight is 250 g/mol. The van der Waals surface area contributed by atoms with Gasteiger partial charge in [0.15, 0.2) is 0 Å². The van der Waals surface area contributed by atoms with E-state index in [1.807, 2.05) is 19.1 Å². The molecule has 1 unspecified atom stereocenters. The number of aryl methyl sites for hydroxylation is 1. The molecule has 5 heteroatoms. The monoisotopic (exact) mass is 250 g/mol. The molecule has 5 nitrogen and oxygen atoms in total. The van der Waals surface area contributed by atoms with E-state index in [-0.39, 0.29) is 12.6 Å². The molecule has 18 heavy (non-hydrogen) atoms. The Labute approximate surface area is 106 Å². The van der Waals surface area contributed by atoms with Crippen LogP contribution in [-0.4, -0.2) is 29.6 Å². The van der Waals surface area contributed by atoms with Crippen LogP contribution in [0.15, 0.2) is 24.3 Å². The molecule has 0 aliphatic carbocycles. The van der Waals surface area contributed by atoms with Gasteiger partial charge in [0.05, 0.1) is 0 Å². The second-order valence-electron chi connectivity index (χ2n) is 4.21. The zero-order valence-corrected chi connectivity index (χ0v) is 10.6. The Kier molecular flexibility index (Phi) is 5.32. The summed E-state index contributed by atoms with van der Waals surface area (Å²) in [5.74, 6) is -1.40. The largest absolute Gasteiger partial charge is 0.396 e. The number of aliphatic hydroxyl groups excluding tert-OH is 1. The third-order valence-electron chi connectivity index (χ3n) is 2.46. The normalized spacial score (nSPS) is 11.7. The Balaban J connectivity index is 2.49. The Bertz CT molecular complexity index is 415. The van der Waals surface area contributed by atoms with Crippen molar-refractivity contribution in [3.63, 3.8) is 0 Å².